The van der Waals surface area contributed by atoms with Crippen molar-refractivity contribution in [2.75, 3.05) is 0 Å². The zero-order valence-electron chi connectivity index (χ0n) is 14.9. The first-order valence-electron chi connectivity index (χ1n) is 8.19. The van der Waals surface area contributed by atoms with Gasteiger partial charge in [-0.1, -0.05) is 60.7 Å². The van der Waals surface area contributed by atoms with E-state index in [9.17, 15) is 4.79 Å². The minimum absolute atomic E-state index is 0.0521. The minimum atomic E-state index is -0.480. The highest BCUT2D eigenvalue weighted by atomic mass is 16.2. The van der Waals surface area contributed by atoms with Crippen LogP contribution >= 0.6 is 0 Å². The predicted octanol–water partition coefficient (Wildman–Crippen LogP) is 5.02. The topological polar surface area (TPSA) is 41.1 Å². The Bertz CT molecular complexity index is 720. The van der Waals surface area contributed by atoms with Crippen molar-refractivity contribution in [2.24, 2.45) is 0 Å². The molecule has 0 aromatic heterocycles. The molecule has 0 heterocycles. The summed E-state index contributed by atoms with van der Waals surface area (Å²) in [7, 11) is 0. The molecule has 3 nitrogen and oxygen atoms in total. The van der Waals surface area contributed by atoms with Crippen LogP contribution in [0.15, 0.2) is 61.2 Å². The van der Waals surface area contributed by atoms with Gasteiger partial charge in [-0.05, 0) is 50.5 Å². The van der Waals surface area contributed by atoms with Crippen molar-refractivity contribution in [1.82, 2.24) is 10.6 Å². The molecule has 0 spiro atoms. The van der Waals surface area contributed by atoms with E-state index >= 15 is 0 Å². The van der Waals surface area contributed by atoms with Crippen LogP contribution in [0.5, 0.6) is 0 Å². The van der Waals surface area contributed by atoms with Gasteiger partial charge < -0.3 is 10.6 Å². The summed E-state index contributed by atoms with van der Waals surface area (Å²) in [5.74, 6) is 0. The first-order valence-corrected chi connectivity index (χ1v) is 8.19. The average molecular weight is 322 g/mol. The maximum atomic E-state index is 12.4. The van der Waals surface area contributed by atoms with Gasteiger partial charge in [0, 0.05) is 0 Å². The van der Waals surface area contributed by atoms with Gasteiger partial charge in [0.1, 0.15) is 0 Å². The zero-order chi connectivity index (χ0) is 17.7. The number of hydrogen-bond acceptors (Lipinski definition) is 1. The summed E-state index contributed by atoms with van der Waals surface area (Å²) in [5, 5.41) is 6.05. The summed E-state index contributed by atoms with van der Waals surface area (Å²) in [6.45, 7) is 11.9. The van der Waals surface area contributed by atoms with Gasteiger partial charge in [0.2, 0.25) is 0 Å². The van der Waals surface area contributed by atoms with Crippen LogP contribution in [0, 0.1) is 0 Å². The standard InChI is InChI=1S/C21H26N2O/c1-15(2)18-12-9-13-19(14-18)21(4,5)23-20(24)22-16(3)17-10-7-6-8-11-17/h6-14,16H,1H2,2-5H3,(H2,22,23,24). The van der Waals surface area contributed by atoms with Crippen LogP contribution in [0.25, 0.3) is 5.57 Å². The second kappa shape index (κ2) is 7.35. The molecule has 0 fully saturated rings. The molecule has 2 amide bonds. The second-order valence-corrected chi connectivity index (χ2v) is 6.72. The van der Waals surface area contributed by atoms with Gasteiger partial charge in [-0.25, -0.2) is 4.79 Å². The first-order chi connectivity index (χ1) is 11.3. The Kier molecular flexibility index (Phi) is 5.45. The molecule has 3 heteroatoms. The van der Waals surface area contributed by atoms with Crippen LogP contribution in [0.1, 0.15) is 50.4 Å². The molecule has 0 aliphatic heterocycles. The van der Waals surface area contributed by atoms with Gasteiger partial charge in [-0.2, -0.15) is 0 Å². The minimum Gasteiger partial charge on any atom is -0.332 e. The van der Waals surface area contributed by atoms with E-state index in [1.54, 1.807) is 0 Å². The lowest BCUT2D eigenvalue weighted by Crippen LogP contribution is -2.47. The molecule has 0 bridgehead atoms. The van der Waals surface area contributed by atoms with Crippen LogP contribution in [-0.4, -0.2) is 6.03 Å². The fourth-order valence-corrected chi connectivity index (χ4v) is 2.59. The number of hydrogen-bond donors (Lipinski definition) is 2. The monoisotopic (exact) mass is 322 g/mol. The van der Waals surface area contributed by atoms with E-state index in [-0.39, 0.29) is 12.1 Å². The Morgan fingerprint density at radius 3 is 2.38 bits per heavy atom. The van der Waals surface area contributed by atoms with Crippen LogP contribution < -0.4 is 10.6 Å². The highest BCUT2D eigenvalue weighted by Crippen LogP contribution is 2.23. The van der Waals surface area contributed by atoms with Crippen LogP contribution in [-0.2, 0) is 5.54 Å². The first kappa shape index (κ1) is 17.8. The third-order valence-corrected chi connectivity index (χ3v) is 4.15. The maximum absolute atomic E-state index is 12.4. The summed E-state index contributed by atoms with van der Waals surface area (Å²) in [6.07, 6.45) is 0. The van der Waals surface area contributed by atoms with Crippen molar-refractivity contribution < 1.29 is 4.79 Å². The number of allylic oxidation sites excluding steroid dienone is 1. The Labute approximate surface area is 144 Å². The fourth-order valence-electron chi connectivity index (χ4n) is 2.59. The number of amides is 2. The predicted molar refractivity (Wildman–Crippen MR) is 101 cm³/mol. The fraction of sp³-hybridized carbons (Fsp3) is 0.286. The van der Waals surface area contributed by atoms with Crippen molar-refractivity contribution in [3.05, 3.63) is 77.9 Å². The van der Waals surface area contributed by atoms with Crippen molar-refractivity contribution in [2.45, 2.75) is 39.3 Å². The molecule has 0 aliphatic rings. The van der Waals surface area contributed by atoms with Crippen LogP contribution in [0.2, 0.25) is 0 Å². The molecule has 1 unspecified atom stereocenters. The molecular weight excluding hydrogens is 296 g/mol. The van der Waals surface area contributed by atoms with Gasteiger partial charge in [-0.15, -0.1) is 0 Å². The average Bonchev–Trinajstić information content (AvgIpc) is 2.55. The zero-order valence-corrected chi connectivity index (χ0v) is 14.9. The SMILES string of the molecule is C=C(C)c1cccc(C(C)(C)NC(=O)NC(C)c2ccccc2)c1. The van der Waals surface area contributed by atoms with E-state index in [1.165, 1.54) is 0 Å². The Balaban J connectivity index is 2.07. The van der Waals surface area contributed by atoms with Crippen molar-refractivity contribution in [3.63, 3.8) is 0 Å². The number of urea groups is 1. The molecule has 0 radical (unpaired) electrons. The van der Waals surface area contributed by atoms with Gasteiger partial charge >= 0.3 is 6.03 Å². The van der Waals surface area contributed by atoms with E-state index in [2.05, 4.69) is 23.3 Å². The lowest BCUT2D eigenvalue weighted by molar-refractivity contribution is 0.227. The smallest absolute Gasteiger partial charge is 0.315 e. The molecule has 1 atom stereocenters. The number of carbonyl (C=O) groups excluding carboxylic acids is 1. The third kappa shape index (κ3) is 4.48. The molecule has 2 aromatic rings. The normalized spacial score (nSPS) is 12.3. The lowest BCUT2D eigenvalue weighted by atomic mass is 9.92. The molecule has 0 saturated carbocycles. The number of benzene rings is 2. The molecule has 2 aromatic carbocycles. The maximum Gasteiger partial charge on any atom is 0.315 e. The molecule has 0 aliphatic carbocycles. The summed E-state index contributed by atoms with van der Waals surface area (Å²) < 4.78 is 0. The van der Waals surface area contributed by atoms with E-state index in [4.69, 9.17) is 0 Å². The molecule has 0 saturated heterocycles. The van der Waals surface area contributed by atoms with Crippen LogP contribution in [0.4, 0.5) is 4.79 Å². The highest BCUT2D eigenvalue weighted by molar-refractivity contribution is 5.75. The van der Waals surface area contributed by atoms with Crippen molar-refractivity contribution >= 4 is 11.6 Å². The molecule has 2 rings (SSSR count). The third-order valence-electron chi connectivity index (χ3n) is 4.15. The van der Waals surface area contributed by atoms with Crippen LogP contribution in [0.3, 0.4) is 0 Å². The van der Waals surface area contributed by atoms with E-state index in [0.717, 1.165) is 22.3 Å². The number of nitrogens with one attached hydrogen (secondary N) is 2. The molecular formula is C21H26N2O. The van der Waals surface area contributed by atoms with E-state index in [0.29, 0.717) is 0 Å². The Hall–Kier alpha value is -2.55. The summed E-state index contributed by atoms with van der Waals surface area (Å²) >= 11 is 0. The Morgan fingerprint density at radius 1 is 1.08 bits per heavy atom. The van der Waals surface area contributed by atoms with E-state index in [1.807, 2.05) is 76.2 Å². The summed E-state index contributed by atoms with van der Waals surface area (Å²) in [4.78, 5) is 12.4. The summed E-state index contributed by atoms with van der Waals surface area (Å²) in [6, 6.07) is 17.8. The molecule has 126 valence electrons. The van der Waals surface area contributed by atoms with Crippen molar-refractivity contribution in [3.8, 4) is 0 Å². The molecule has 24 heavy (non-hydrogen) atoms. The quantitative estimate of drug-likeness (QED) is 0.797. The molecule has 2 N–H and O–H groups in total. The number of rotatable bonds is 5. The lowest BCUT2D eigenvalue weighted by Gasteiger charge is -2.28. The summed E-state index contributed by atoms with van der Waals surface area (Å²) in [5.41, 5.74) is 3.74. The van der Waals surface area contributed by atoms with Gasteiger partial charge in [0.15, 0.2) is 0 Å². The van der Waals surface area contributed by atoms with Gasteiger partial charge in [-0.3, -0.25) is 0 Å². The number of carbonyl (C=O) groups is 1. The van der Waals surface area contributed by atoms with E-state index < -0.39 is 5.54 Å². The largest absolute Gasteiger partial charge is 0.332 e. The van der Waals surface area contributed by atoms with Gasteiger partial charge in [0.05, 0.1) is 11.6 Å². The van der Waals surface area contributed by atoms with Crippen molar-refractivity contribution in [1.29, 1.82) is 0 Å². The Morgan fingerprint density at radius 2 is 1.75 bits per heavy atom. The highest BCUT2D eigenvalue weighted by Gasteiger charge is 2.24. The van der Waals surface area contributed by atoms with Gasteiger partial charge in [0.25, 0.3) is 0 Å². The second-order valence-electron chi connectivity index (χ2n) is 6.72.